The molecule has 1 amide bonds. The van der Waals surface area contributed by atoms with Gasteiger partial charge in [-0.05, 0) is 25.1 Å². The highest BCUT2D eigenvalue weighted by Crippen LogP contribution is 2.29. The van der Waals surface area contributed by atoms with Crippen molar-refractivity contribution in [3.05, 3.63) is 69.7 Å². The van der Waals surface area contributed by atoms with Crippen molar-refractivity contribution in [1.29, 1.82) is 0 Å². The average Bonchev–Trinajstić information content (AvgIpc) is 3.20. The van der Waals surface area contributed by atoms with Crippen molar-refractivity contribution in [2.24, 2.45) is 0 Å². The molecule has 0 fully saturated rings. The first-order valence-corrected chi connectivity index (χ1v) is 10.4. The molecule has 0 spiro atoms. The summed E-state index contributed by atoms with van der Waals surface area (Å²) in [5.41, 5.74) is -3.61. The molecule has 3 aromatic rings. The minimum Gasteiger partial charge on any atom is -0.481 e. The highest BCUT2D eigenvalue weighted by Gasteiger charge is 2.29. The molecule has 15 heteroatoms. The summed E-state index contributed by atoms with van der Waals surface area (Å²) < 4.78 is 93.3. The number of halogens is 6. The number of carbonyl (C=O) groups excluding carboxylic acids is 2. The smallest absolute Gasteiger partial charge is 0.376 e. The number of methoxy groups -OCH3 is 1. The van der Waals surface area contributed by atoms with Gasteiger partial charge in [-0.25, -0.2) is 35.9 Å². The molecule has 37 heavy (non-hydrogen) atoms. The zero-order valence-electron chi connectivity index (χ0n) is 19.1. The van der Waals surface area contributed by atoms with E-state index in [1.807, 2.05) is 5.32 Å². The van der Waals surface area contributed by atoms with Crippen molar-refractivity contribution in [3.63, 3.8) is 0 Å². The molecule has 0 radical (unpaired) electrons. The van der Waals surface area contributed by atoms with Crippen molar-refractivity contribution in [1.82, 2.24) is 14.3 Å². The largest absolute Gasteiger partial charge is 0.481 e. The van der Waals surface area contributed by atoms with Crippen molar-refractivity contribution in [2.75, 3.05) is 19.1 Å². The van der Waals surface area contributed by atoms with Crippen LogP contribution in [0.15, 0.2) is 35.1 Å². The number of aromatic nitrogens is 3. The minimum absolute atomic E-state index is 0.0990. The number of para-hydroxylation sites is 1. The van der Waals surface area contributed by atoms with Gasteiger partial charge in [0.25, 0.3) is 12.3 Å². The van der Waals surface area contributed by atoms with Gasteiger partial charge in [-0.2, -0.15) is 4.68 Å². The number of hydrogen-bond acceptors (Lipinski definition) is 6. The van der Waals surface area contributed by atoms with E-state index in [-0.39, 0.29) is 6.54 Å². The lowest BCUT2D eigenvalue weighted by molar-refractivity contribution is -0.00159. The van der Waals surface area contributed by atoms with Crippen LogP contribution >= 0.6 is 0 Å². The Hall–Kier alpha value is -4.30. The van der Waals surface area contributed by atoms with Crippen molar-refractivity contribution in [2.45, 2.75) is 26.0 Å². The van der Waals surface area contributed by atoms with Crippen LogP contribution < -0.4 is 15.7 Å². The van der Waals surface area contributed by atoms with E-state index in [4.69, 9.17) is 4.74 Å². The highest BCUT2D eigenvalue weighted by atomic mass is 19.3. The second-order valence-electron chi connectivity index (χ2n) is 7.25. The van der Waals surface area contributed by atoms with Gasteiger partial charge in [0.2, 0.25) is 5.82 Å². The maximum atomic E-state index is 15.1. The first-order chi connectivity index (χ1) is 17.5. The monoisotopic (exact) mass is 532 g/mol. The lowest BCUT2D eigenvalue weighted by Crippen LogP contribution is -2.29. The minimum atomic E-state index is -3.40. The fourth-order valence-corrected chi connectivity index (χ4v) is 3.17. The fraction of sp³-hybridized carbons (Fsp3) is 0.273. The Balaban J connectivity index is 2.18. The van der Waals surface area contributed by atoms with Gasteiger partial charge >= 0.3 is 11.7 Å². The number of ether oxygens (including phenoxy) is 2. The maximum Gasteiger partial charge on any atom is 0.376 e. The molecule has 198 valence electrons. The molecular formula is C22H18F6N4O5. The van der Waals surface area contributed by atoms with Gasteiger partial charge in [0.05, 0.1) is 12.7 Å². The molecule has 0 aliphatic heterocycles. The number of carbonyl (C=O) groups is 2. The third-order valence-electron chi connectivity index (χ3n) is 4.98. The first-order valence-electron chi connectivity index (χ1n) is 10.4. The SMILES string of the molecule is CCn1c(C(=O)OC)nn(-c2cc(O[C@@H](CF)C(F)F)c(C(=O)Nc3c(F)cccc3F)cc2F)c1=O. The van der Waals surface area contributed by atoms with E-state index in [0.29, 0.717) is 16.8 Å². The van der Waals surface area contributed by atoms with Crippen LogP contribution in [0, 0.1) is 17.5 Å². The molecule has 0 saturated carbocycles. The average molecular weight is 532 g/mol. The molecule has 0 aliphatic rings. The van der Waals surface area contributed by atoms with Gasteiger partial charge in [0.15, 0.2) is 6.10 Å². The van der Waals surface area contributed by atoms with Gasteiger partial charge < -0.3 is 14.8 Å². The number of nitrogens with zero attached hydrogens (tertiary/aromatic N) is 3. The topological polar surface area (TPSA) is 104 Å². The predicted molar refractivity (Wildman–Crippen MR) is 116 cm³/mol. The van der Waals surface area contributed by atoms with Crippen LogP contribution in [0.2, 0.25) is 0 Å². The Morgan fingerprint density at radius 2 is 1.76 bits per heavy atom. The lowest BCUT2D eigenvalue weighted by Gasteiger charge is -2.19. The first kappa shape index (κ1) is 27.3. The van der Waals surface area contributed by atoms with Gasteiger partial charge in [0, 0.05) is 12.6 Å². The summed E-state index contributed by atoms with van der Waals surface area (Å²) in [4.78, 5) is 37.4. The standard InChI is InChI=1S/C22H18F6N4O5/c1-3-31-19(21(34)36-2)30-32(22(31)35)14-8-15(37-16(9-23)18(27)28)10(7-13(14)26)20(33)29-17-11(24)5-4-6-12(17)25/h4-8,16,18H,3,9H2,1-2H3,(H,29,33)/t16-/m0/s1. The molecule has 0 aliphatic carbocycles. The molecule has 0 unspecified atom stereocenters. The number of rotatable bonds is 9. The van der Waals surface area contributed by atoms with Crippen molar-refractivity contribution in [3.8, 4) is 11.4 Å². The number of hydrogen-bond donors (Lipinski definition) is 1. The van der Waals surface area contributed by atoms with E-state index in [1.165, 1.54) is 6.92 Å². The Bertz CT molecular complexity index is 1370. The van der Waals surface area contributed by atoms with Crippen LogP contribution in [0.3, 0.4) is 0 Å². The number of amides is 1. The molecule has 1 N–H and O–H groups in total. The maximum absolute atomic E-state index is 15.1. The normalized spacial score (nSPS) is 11.9. The van der Waals surface area contributed by atoms with Gasteiger partial charge in [-0.15, -0.1) is 5.10 Å². The molecule has 3 rings (SSSR count). The summed E-state index contributed by atoms with van der Waals surface area (Å²) in [6, 6.07) is 3.63. The van der Waals surface area contributed by atoms with E-state index < -0.39 is 82.7 Å². The Kier molecular flexibility index (Phi) is 8.24. The summed E-state index contributed by atoms with van der Waals surface area (Å²) in [7, 11) is 1.01. The van der Waals surface area contributed by atoms with Crippen LogP contribution in [-0.2, 0) is 11.3 Å². The second-order valence-corrected chi connectivity index (χ2v) is 7.25. The van der Waals surface area contributed by atoms with Gasteiger partial charge in [-0.3, -0.25) is 9.36 Å². The third-order valence-corrected chi connectivity index (χ3v) is 4.98. The molecule has 1 aromatic heterocycles. The number of anilines is 1. The molecule has 2 aromatic carbocycles. The lowest BCUT2D eigenvalue weighted by atomic mass is 10.1. The fourth-order valence-electron chi connectivity index (χ4n) is 3.17. The molecule has 1 heterocycles. The molecule has 0 saturated heterocycles. The van der Waals surface area contributed by atoms with Crippen LogP contribution in [0.5, 0.6) is 5.75 Å². The number of alkyl halides is 3. The van der Waals surface area contributed by atoms with Crippen LogP contribution in [-0.4, -0.2) is 52.5 Å². The zero-order valence-corrected chi connectivity index (χ0v) is 19.1. The summed E-state index contributed by atoms with van der Waals surface area (Å²) in [5.74, 6) is -7.59. The molecule has 0 bridgehead atoms. The second kappa shape index (κ2) is 11.2. The van der Waals surface area contributed by atoms with Crippen LogP contribution in [0.1, 0.15) is 27.9 Å². The van der Waals surface area contributed by atoms with E-state index in [9.17, 15) is 36.3 Å². The van der Waals surface area contributed by atoms with Crippen LogP contribution in [0.25, 0.3) is 5.69 Å². The van der Waals surface area contributed by atoms with E-state index in [0.717, 1.165) is 29.9 Å². The van der Waals surface area contributed by atoms with Gasteiger partial charge in [0.1, 0.15) is 41.3 Å². The molecule has 1 atom stereocenters. The summed E-state index contributed by atoms with van der Waals surface area (Å²) in [6.07, 6.45) is -5.82. The molecule has 9 nitrogen and oxygen atoms in total. The summed E-state index contributed by atoms with van der Waals surface area (Å²) in [6.45, 7) is -0.364. The zero-order chi connectivity index (χ0) is 27.4. The van der Waals surface area contributed by atoms with E-state index in [1.54, 1.807) is 0 Å². The third kappa shape index (κ3) is 5.44. The summed E-state index contributed by atoms with van der Waals surface area (Å²) >= 11 is 0. The molecular weight excluding hydrogens is 514 g/mol. The summed E-state index contributed by atoms with van der Waals surface area (Å²) in [5, 5.41) is 5.53. The Morgan fingerprint density at radius 3 is 2.30 bits per heavy atom. The quantitative estimate of drug-likeness (QED) is 0.334. The van der Waals surface area contributed by atoms with Crippen molar-refractivity contribution >= 4 is 17.6 Å². The van der Waals surface area contributed by atoms with Crippen molar-refractivity contribution < 1.29 is 45.4 Å². The highest BCUT2D eigenvalue weighted by molar-refractivity contribution is 6.06. The van der Waals surface area contributed by atoms with E-state index >= 15 is 4.39 Å². The van der Waals surface area contributed by atoms with E-state index in [2.05, 4.69) is 9.84 Å². The Labute approximate surface area is 204 Å². The van der Waals surface area contributed by atoms with Crippen LogP contribution in [0.4, 0.5) is 32.0 Å². The number of nitrogens with one attached hydrogen (secondary N) is 1. The van der Waals surface area contributed by atoms with Gasteiger partial charge in [-0.1, -0.05) is 6.07 Å². The number of benzene rings is 2. The Morgan fingerprint density at radius 1 is 1.11 bits per heavy atom. The predicted octanol–water partition coefficient (Wildman–Crippen LogP) is 3.49. The number of esters is 1.